The van der Waals surface area contributed by atoms with Crippen molar-refractivity contribution in [2.75, 3.05) is 0 Å². The lowest BCUT2D eigenvalue weighted by molar-refractivity contribution is -0.338. The van der Waals surface area contributed by atoms with Gasteiger partial charge in [-0.1, -0.05) is 41.0 Å². The predicted molar refractivity (Wildman–Crippen MR) is 62.2 cm³/mol. The van der Waals surface area contributed by atoms with E-state index in [2.05, 4.69) is 4.89 Å². The van der Waals surface area contributed by atoms with Gasteiger partial charge in [0, 0.05) is 5.92 Å². The first-order valence-electron chi connectivity index (χ1n) is 5.82. The molecule has 0 radical (unpaired) electrons. The molecule has 0 aliphatic heterocycles. The zero-order valence-electron chi connectivity index (χ0n) is 10.9. The molecule has 4 nitrogen and oxygen atoms in total. The van der Waals surface area contributed by atoms with Crippen molar-refractivity contribution in [3.8, 4) is 0 Å². The predicted octanol–water partition coefficient (Wildman–Crippen LogP) is 3.17. The Kier molecular flexibility index (Phi) is 5.42. The van der Waals surface area contributed by atoms with Crippen LogP contribution in [0.2, 0.25) is 0 Å². The second-order valence-corrected chi connectivity index (χ2v) is 5.35. The number of carbonyl (C=O) groups is 1. The van der Waals surface area contributed by atoms with Crippen molar-refractivity contribution < 1.29 is 20.0 Å². The van der Waals surface area contributed by atoms with E-state index in [9.17, 15) is 9.90 Å². The molecule has 2 unspecified atom stereocenters. The lowest BCUT2D eigenvalue weighted by Crippen LogP contribution is -2.52. The normalized spacial score (nSPS) is 17.9. The number of hydrogen-bond acceptors (Lipinski definition) is 3. The maximum Gasteiger partial charge on any atom is 0.339 e. The van der Waals surface area contributed by atoms with Crippen molar-refractivity contribution in [1.29, 1.82) is 0 Å². The lowest BCUT2D eigenvalue weighted by atomic mass is 9.67. The molecule has 0 saturated heterocycles. The molecular weight excluding hydrogens is 208 g/mol. The van der Waals surface area contributed by atoms with E-state index in [1.807, 2.05) is 27.7 Å². The first kappa shape index (κ1) is 15.4. The van der Waals surface area contributed by atoms with E-state index in [4.69, 9.17) is 5.26 Å². The van der Waals surface area contributed by atoms with Crippen LogP contribution in [0.3, 0.4) is 0 Å². The molecule has 0 aromatic carbocycles. The summed E-state index contributed by atoms with van der Waals surface area (Å²) in [6.07, 6.45) is 1.82. The van der Waals surface area contributed by atoms with Gasteiger partial charge >= 0.3 is 5.97 Å². The molecule has 0 aliphatic carbocycles. The molecule has 0 fully saturated rings. The Morgan fingerprint density at radius 1 is 1.31 bits per heavy atom. The van der Waals surface area contributed by atoms with Gasteiger partial charge in [-0.2, -0.15) is 0 Å². The van der Waals surface area contributed by atoms with Gasteiger partial charge in [-0.05, 0) is 18.3 Å². The summed E-state index contributed by atoms with van der Waals surface area (Å²) in [6.45, 7) is 9.64. The SMILES string of the molecule is CCCC(C(C)(C)C)C(CC)(OO)C(=O)O. The average Bonchev–Trinajstić information content (AvgIpc) is 2.17. The summed E-state index contributed by atoms with van der Waals surface area (Å²) in [4.78, 5) is 15.8. The third-order valence-corrected chi connectivity index (χ3v) is 3.24. The van der Waals surface area contributed by atoms with Crippen molar-refractivity contribution in [2.24, 2.45) is 11.3 Å². The smallest absolute Gasteiger partial charge is 0.339 e. The zero-order chi connectivity index (χ0) is 13.0. The Labute approximate surface area is 97.5 Å². The monoisotopic (exact) mass is 232 g/mol. The minimum atomic E-state index is -1.49. The summed E-state index contributed by atoms with van der Waals surface area (Å²) in [5, 5.41) is 18.3. The molecule has 0 saturated carbocycles. The maximum absolute atomic E-state index is 11.4. The summed E-state index contributed by atoms with van der Waals surface area (Å²) in [7, 11) is 0. The molecular formula is C12H24O4. The number of aliphatic carboxylic acids is 1. The highest BCUT2D eigenvalue weighted by Gasteiger charge is 2.50. The quantitative estimate of drug-likeness (QED) is 0.545. The Balaban J connectivity index is 5.34. The van der Waals surface area contributed by atoms with Crippen LogP contribution >= 0.6 is 0 Å². The molecule has 0 spiro atoms. The van der Waals surface area contributed by atoms with E-state index in [0.717, 1.165) is 6.42 Å². The highest BCUT2D eigenvalue weighted by molar-refractivity contribution is 5.78. The van der Waals surface area contributed by atoms with Crippen LogP contribution in [0.4, 0.5) is 0 Å². The van der Waals surface area contributed by atoms with Crippen molar-refractivity contribution >= 4 is 5.97 Å². The van der Waals surface area contributed by atoms with Crippen molar-refractivity contribution in [1.82, 2.24) is 0 Å². The van der Waals surface area contributed by atoms with Crippen LogP contribution in [-0.4, -0.2) is 21.9 Å². The average molecular weight is 232 g/mol. The largest absolute Gasteiger partial charge is 0.479 e. The van der Waals surface area contributed by atoms with Gasteiger partial charge in [-0.3, -0.25) is 5.26 Å². The van der Waals surface area contributed by atoms with Gasteiger partial charge in [0.05, 0.1) is 0 Å². The van der Waals surface area contributed by atoms with Gasteiger partial charge in [-0.15, -0.1) is 0 Å². The number of rotatable bonds is 6. The summed E-state index contributed by atoms with van der Waals surface area (Å²) in [6, 6.07) is 0. The van der Waals surface area contributed by atoms with Gasteiger partial charge in [0.2, 0.25) is 5.60 Å². The molecule has 0 heterocycles. The van der Waals surface area contributed by atoms with Crippen LogP contribution in [0.5, 0.6) is 0 Å². The van der Waals surface area contributed by atoms with Crippen LogP contribution in [0.25, 0.3) is 0 Å². The maximum atomic E-state index is 11.4. The van der Waals surface area contributed by atoms with E-state index >= 15 is 0 Å². The Morgan fingerprint density at radius 2 is 1.81 bits per heavy atom. The van der Waals surface area contributed by atoms with Gasteiger partial charge < -0.3 is 5.11 Å². The van der Waals surface area contributed by atoms with E-state index in [0.29, 0.717) is 6.42 Å². The van der Waals surface area contributed by atoms with Gasteiger partial charge in [-0.25, -0.2) is 9.68 Å². The molecule has 0 amide bonds. The minimum absolute atomic E-state index is 0.225. The standard InChI is InChI=1S/C12H24O4/c1-6-8-9(11(3,4)5)12(7-2,16-15)10(13)14/h9,15H,6-8H2,1-5H3,(H,13,14). The van der Waals surface area contributed by atoms with Crippen molar-refractivity contribution in [2.45, 2.75) is 59.5 Å². The van der Waals surface area contributed by atoms with Gasteiger partial charge in [0.25, 0.3) is 0 Å². The Bertz CT molecular complexity index is 226. The van der Waals surface area contributed by atoms with Gasteiger partial charge in [0.15, 0.2) is 0 Å². The topological polar surface area (TPSA) is 66.8 Å². The summed E-state index contributed by atoms with van der Waals surface area (Å²) < 4.78 is 0. The van der Waals surface area contributed by atoms with Crippen LogP contribution in [-0.2, 0) is 9.68 Å². The van der Waals surface area contributed by atoms with E-state index in [-0.39, 0.29) is 17.8 Å². The summed E-state index contributed by atoms with van der Waals surface area (Å²) in [5.74, 6) is -1.32. The zero-order valence-corrected chi connectivity index (χ0v) is 10.9. The fourth-order valence-corrected chi connectivity index (χ4v) is 2.37. The molecule has 0 aromatic rings. The number of carboxylic acids is 1. The minimum Gasteiger partial charge on any atom is -0.479 e. The molecule has 4 heteroatoms. The first-order chi connectivity index (χ1) is 7.26. The second kappa shape index (κ2) is 5.64. The first-order valence-corrected chi connectivity index (χ1v) is 5.82. The van der Waals surface area contributed by atoms with Crippen molar-refractivity contribution in [3.05, 3.63) is 0 Å². The third kappa shape index (κ3) is 2.95. The molecule has 0 bridgehead atoms. The summed E-state index contributed by atoms with van der Waals surface area (Å²) >= 11 is 0. The third-order valence-electron chi connectivity index (χ3n) is 3.24. The van der Waals surface area contributed by atoms with Gasteiger partial charge in [0.1, 0.15) is 0 Å². The van der Waals surface area contributed by atoms with E-state index in [1.165, 1.54) is 0 Å². The van der Waals surface area contributed by atoms with Crippen LogP contribution in [0, 0.1) is 11.3 Å². The van der Waals surface area contributed by atoms with Crippen LogP contribution in [0.1, 0.15) is 53.9 Å². The van der Waals surface area contributed by atoms with Crippen molar-refractivity contribution in [3.63, 3.8) is 0 Å². The molecule has 2 N–H and O–H groups in total. The van der Waals surface area contributed by atoms with Crippen LogP contribution in [0.15, 0.2) is 0 Å². The van der Waals surface area contributed by atoms with E-state index < -0.39 is 11.6 Å². The fourth-order valence-electron chi connectivity index (χ4n) is 2.37. The van der Waals surface area contributed by atoms with Crippen LogP contribution < -0.4 is 0 Å². The fraction of sp³-hybridized carbons (Fsp3) is 0.917. The second-order valence-electron chi connectivity index (χ2n) is 5.35. The molecule has 0 aliphatic rings. The Hall–Kier alpha value is -0.610. The highest BCUT2D eigenvalue weighted by Crippen LogP contribution is 2.41. The molecule has 96 valence electrons. The Morgan fingerprint density at radius 3 is 2.00 bits per heavy atom. The number of carboxylic acid groups (broad SMARTS) is 1. The van der Waals surface area contributed by atoms with E-state index in [1.54, 1.807) is 6.92 Å². The number of hydrogen-bond donors (Lipinski definition) is 2. The summed E-state index contributed by atoms with van der Waals surface area (Å²) in [5.41, 5.74) is -1.72. The molecule has 0 aromatic heterocycles. The highest BCUT2D eigenvalue weighted by atomic mass is 17.1. The molecule has 16 heavy (non-hydrogen) atoms. The molecule has 2 atom stereocenters. The lowest BCUT2D eigenvalue weighted by Gasteiger charge is -2.41. The molecule has 0 rings (SSSR count).